The summed E-state index contributed by atoms with van der Waals surface area (Å²) in [7, 11) is 1.99. The minimum Gasteiger partial charge on any atom is -0.493 e. The molecule has 0 radical (unpaired) electrons. The quantitative estimate of drug-likeness (QED) is 0.411. The van der Waals surface area contributed by atoms with E-state index in [1.54, 1.807) is 0 Å². The zero-order valence-corrected chi connectivity index (χ0v) is 19.4. The average Bonchev–Trinajstić information content (AvgIpc) is 3.39. The highest BCUT2D eigenvalue weighted by Gasteiger charge is 2.26. The molecule has 1 unspecified atom stereocenters. The Morgan fingerprint density at radius 3 is 2.76 bits per heavy atom. The molecule has 7 nitrogen and oxygen atoms in total. The van der Waals surface area contributed by atoms with Crippen molar-refractivity contribution < 1.29 is 9.47 Å². The molecule has 5 rings (SSSR count). The molecule has 1 fully saturated rings. The van der Waals surface area contributed by atoms with Crippen LogP contribution >= 0.6 is 0 Å². The van der Waals surface area contributed by atoms with Gasteiger partial charge in [-0.1, -0.05) is 30.3 Å². The van der Waals surface area contributed by atoms with Gasteiger partial charge in [0.25, 0.3) is 0 Å². The molecule has 0 spiro atoms. The fourth-order valence-corrected chi connectivity index (χ4v) is 4.54. The molecule has 33 heavy (non-hydrogen) atoms. The lowest BCUT2D eigenvalue weighted by Crippen LogP contribution is -2.38. The number of para-hydroxylation sites is 3. The number of aryl methyl sites for hydroxylation is 2. The predicted octanol–water partition coefficient (Wildman–Crippen LogP) is 3.98. The normalized spacial score (nSPS) is 17.0. The van der Waals surface area contributed by atoms with Crippen molar-refractivity contribution in [1.29, 1.82) is 0 Å². The number of benzene rings is 2. The summed E-state index contributed by atoms with van der Waals surface area (Å²) >= 11 is 0. The summed E-state index contributed by atoms with van der Waals surface area (Å²) in [6.45, 7) is 6.92. The molecule has 2 aromatic carbocycles. The molecule has 0 saturated carbocycles. The van der Waals surface area contributed by atoms with Gasteiger partial charge in [0.05, 0.1) is 36.5 Å². The highest BCUT2D eigenvalue weighted by Crippen LogP contribution is 2.24. The molecular formula is C26H31N5O2. The lowest BCUT2D eigenvalue weighted by atomic mass is 10.2. The molecule has 0 aliphatic carbocycles. The van der Waals surface area contributed by atoms with Gasteiger partial charge >= 0.3 is 0 Å². The van der Waals surface area contributed by atoms with Crippen molar-refractivity contribution in [3.8, 4) is 5.75 Å². The van der Waals surface area contributed by atoms with Gasteiger partial charge in [-0.15, -0.1) is 0 Å². The van der Waals surface area contributed by atoms with Gasteiger partial charge in [-0.25, -0.2) is 4.98 Å². The van der Waals surface area contributed by atoms with Crippen molar-refractivity contribution in [3.63, 3.8) is 0 Å². The van der Waals surface area contributed by atoms with Crippen molar-refractivity contribution in [3.05, 3.63) is 77.9 Å². The van der Waals surface area contributed by atoms with Crippen molar-refractivity contribution in [2.24, 2.45) is 7.05 Å². The maximum absolute atomic E-state index is 6.11. The molecule has 0 N–H and O–H groups in total. The molecule has 1 atom stereocenters. The molecule has 2 aromatic heterocycles. The Labute approximate surface area is 194 Å². The number of fused-ring (bicyclic) bond motifs is 1. The first-order valence-electron chi connectivity index (χ1n) is 11.7. The number of hydrogen-bond donors (Lipinski definition) is 0. The smallest absolute Gasteiger partial charge is 0.124 e. The van der Waals surface area contributed by atoms with E-state index in [1.165, 1.54) is 5.52 Å². The number of aromatic nitrogens is 4. The molecule has 172 valence electrons. The summed E-state index contributed by atoms with van der Waals surface area (Å²) in [4.78, 5) is 7.32. The van der Waals surface area contributed by atoms with Crippen molar-refractivity contribution in [2.75, 3.05) is 26.3 Å². The van der Waals surface area contributed by atoms with Crippen molar-refractivity contribution >= 4 is 11.0 Å². The molecule has 1 aliphatic heterocycles. The first-order valence-corrected chi connectivity index (χ1v) is 11.7. The van der Waals surface area contributed by atoms with Crippen LogP contribution in [0.1, 0.15) is 30.2 Å². The summed E-state index contributed by atoms with van der Waals surface area (Å²) in [6, 6.07) is 20.4. The van der Waals surface area contributed by atoms with Gasteiger partial charge in [0.1, 0.15) is 17.7 Å². The van der Waals surface area contributed by atoms with Gasteiger partial charge in [0.2, 0.25) is 0 Å². The number of morpholine rings is 1. The standard InChI is InChI=1S/C26H31N5O2/c1-3-31-24-12-8-7-11-22(24)27-26(31)19-30-14-16-33-25(18-30)23-17-20(29(2)28-23)13-15-32-21-9-5-4-6-10-21/h4-12,17,25H,3,13-16,18-19H2,1-2H3. The predicted molar refractivity (Wildman–Crippen MR) is 128 cm³/mol. The lowest BCUT2D eigenvalue weighted by Gasteiger charge is -2.31. The zero-order valence-electron chi connectivity index (χ0n) is 19.4. The molecule has 3 heterocycles. The van der Waals surface area contributed by atoms with E-state index in [0.29, 0.717) is 13.2 Å². The number of nitrogens with zero attached hydrogens (tertiary/aromatic N) is 5. The van der Waals surface area contributed by atoms with Gasteiger partial charge in [-0.3, -0.25) is 9.58 Å². The average molecular weight is 446 g/mol. The van der Waals surface area contributed by atoms with Crippen molar-refractivity contribution in [1.82, 2.24) is 24.2 Å². The summed E-state index contributed by atoms with van der Waals surface area (Å²) in [6.07, 6.45) is 0.767. The number of hydrogen-bond acceptors (Lipinski definition) is 5. The Morgan fingerprint density at radius 2 is 1.91 bits per heavy atom. The maximum Gasteiger partial charge on any atom is 0.124 e. The SMILES string of the molecule is CCn1c(CN2CCOC(c3cc(CCOc4ccccc4)n(C)n3)C2)nc2ccccc21. The number of imidazole rings is 1. The van der Waals surface area contributed by atoms with Gasteiger partial charge in [0, 0.05) is 38.8 Å². The van der Waals surface area contributed by atoms with E-state index in [2.05, 4.69) is 40.7 Å². The second-order valence-electron chi connectivity index (χ2n) is 8.45. The Balaban J connectivity index is 1.23. The third-order valence-corrected chi connectivity index (χ3v) is 6.26. The Morgan fingerprint density at radius 1 is 1.09 bits per heavy atom. The summed E-state index contributed by atoms with van der Waals surface area (Å²) < 4.78 is 16.2. The van der Waals surface area contributed by atoms with Crippen LogP contribution in [0.3, 0.4) is 0 Å². The minimum atomic E-state index is -0.0341. The van der Waals surface area contributed by atoms with Crippen LogP contribution in [0.2, 0.25) is 0 Å². The molecular weight excluding hydrogens is 414 g/mol. The molecule has 0 bridgehead atoms. The van der Waals surface area contributed by atoms with E-state index >= 15 is 0 Å². The number of rotatable bonds is 8. The van der Waals surface area contributed by atoms with Crippen LogP contribution in [0.4, 0.5) is 0 Å². The molecule has 4 aromatic rings. The van der Waals surface area contributed by atoms with Crippen LogP contribution in [0, 0.1) is 0 Å². The highest BCUT2D eigenvalue weighted by molar-refractivity contribution is 5.75. The first-order chi connectivity index (χ1) is 16.2. The Bertz CT molecular complexity index is 1200. The van der Waals surface area contributed by atoms with Gasteiger partial charge in [-0.05, 0) is 37.3 Å². The van der Waals surface area contributed by atoms with Crippen LogP contribution in [0.25, 0.3) is 11.0 Å². The van der Waals surface area contributed by atoms with Gasteiger partial charge in [0.15, 0.2) is 0 Å². The van der Waals surface area contributed by atoms with Crippen molar-refractivity contribution in [2.45, 2.75) is 32.5 Å². The fraction of sp³-hybridized carbons (Fsp3) is 0.385. The van der Waals surface area contributed by atoms with E-state index in [4.69, 9.17) is 19.6 Å². The first kappa shape index (κ1) is 21.7. The third-order valence-electron chi connectivity index (χ3n) is 6.26. The zero-order chi connectivity index (χ0) is 22.6. The minimum absolute atomic E-state index is 0.0341. The van der Waals surface area contributed by atoms with Crippen LogP contribution in [0.15, 0.2) is 60.7 Å². The number of ether oxygens (including phenoxy) is 2. The topological polar surface area (TPSA) is 57.3 Å². The second-order valence-corrected chi connectivity index (χ2v) is 8.45. The molecule has 0 amide bonds. The van der Waals surface area contributed by atoms with Crippen LogP contribution in [-0.2, 0) is 31.3 Å². The monoisotopic (exact) mass is 445 g/mol. The fourth-order valence-electron chi connectivity index (χ4n) is 4.54. The Hall–Kier alpha value is -3.16. The lowest BCUT2D eigenvalue weighted by molar-refractivity contribution is -0.0361. The van der Waals surface area contributed by atoms with Crippen LogP contribution < -0.4 is 4.74 Å². The van der Waals surface area contributed by atoms with E-state index < -0.39 is 0 Å². The molecule has 7 heteroatoms. The van der Waals surface area contributed by atoms with E-state index in [9.17, 15) is 0 Å². The summed E-state index contributed by atoms with van der Waals surface area (Å²) in [5.74, 6) is 2.00. The second kappa shape index (κ2) is 9.77. The van der Waals surface area contributed by atoms with E-state index in [-0.39, 0.29) is 6.10 Å². The van der Waals surface area contributed by atoms with Crippen LogP contribution in [-0.4, -0.2) is 50.5 Å². The van der Waals surface area contributed by atoms with Gasteiger partial charge < -0.3 is 14.0 Å². The molecule has 1 saturated heterocycles. The summed E-state index contributed by atoms with van der Waals surface area (Å²) in [5, 5.41) is 4.76. The highest BCUT2D eigenvalue weighted by atomic mass is 16.5. The largest absolute Gasteiger partial charge is 0.493 e. The Kier molecular flexibility index (Phi) is 6.41. The van der Waals surface area contributed by atoms with Gasteiger partial charge in [-0.2, -0.15) is 5.10 Å². The van der Waals surface area contributed by atoms with Crippen LogP contribution in [0.5, 0.6) is 5.75 Å². The van der Waals surface area contributed by atoms with E-state index in [0.717, 1.165) is 61.1 Å². The molecule has 1 aliphatic rings. The van der Waals surface area contributed by atoms with E-state index in [1.807, 2.05) is 48.1 Å². The summed E-state index contributed by atoms with van der Waals surface area (Å²) in [5.41, 5.74) is 4.40. The third kappa shape index (κ3) is 4.79. The maximum atomic E-state index is 6.11.